The zero-order valence-electron chi connectivity index (χ0n) is 13.8. The van der Waals surface area contributed by atoms with Crippen molar-refractivity contribution in [2.24, 2.45) is 0 Å². The molecule has 0 spiro atoms. The SMILES string of the molecule is O=C(NCC1(c2cccs2)CCOCC1)c1ccc(OC(F)(F)F)cc1. The standard InChI is InChI=1S/C18H18F3NO3S/c19-18(20,21)25-14-5-3-13(4-6-14)16(23)22-12-17(7-9-24-10-8-17)15-2-1-11-26-15/h1-6,11H,7-10,12H2,(H,22,23). The van der Waals surface area contributed by atoms with E-state index in [1.165, 1.54) is 17.0 Å². The number of halogens is 3. The fraction of sp³-hybridized carbons (Fsp3) is 0.389. The number of amides is 1. The molecule has 8 heteroatoms. The first kappa shape index (κ1) is 18.7. The Hall–Kier alpha value is -2.06. The van der Waals surface area contributed by atoms with Gasteiger partial charge >= 0.3 is 6.36 Å². The van der Waals surface area contributed by atoms with E-state index in [2.05, 4.69) is 16.1 Å². The Bertz CT molecular complexity index is 723. The summed E-state index contributed by atoms with van der Waals surface area (Å²) in [4.78, 5) is 13.6. The average Bonchev–Trinajstić information content (AvgIpc) is 3.15. The van der Waals surface area contributed by atoms with Gasteiger partial charge in [-0.3, -0.25) is 4.79 Å². The van der Waals surface area contributed by atoms with Crippen LogP contribution in [0.1, 0.15) is 28.1 Å². The first-order chi connectivity index (χ1) is 12.4. The van der Waals surface area contributed by atoms with E-state index in [1.807, 2.05) is 11.4 Å². The molecule has 1 amide bonds. The van der Waals surface area contributed by atoms with Crippen LogP contribution in [0.5, 0.6) is 5.75 Å². The van der Waals surface area contributed by atoms with Gasteiger partial charge in [0.15, 0.2) is 0 Å². The van der Waals surface area contributed by atoms with E-state index in [9.17, 15) is 18.0 Å². The van der Waals surface area contributed by atoms with Crippen LogP contribution >= 0.6 is 11.3 Å². The van der Waals surface area contributed by atoms with Gasteiger partial charge in [0.1, 0.15) is 5.75 Å². The Morgan fingerprint density at radius 3 is 2.46 bits per heavy atom. The van der Waals surface area contributed by atoms with Gasteiger partial charge in [0.2, 0.25) is 0 Å². The van der Waals surface area contributed by atoms with Crippen LogP contribution in [0.3, 0.4) is 0 Å². The molecule has 0 bridgehead atoms. The van der Waals surface area contributed by atoms with Crippen LogP contribution in [0.4, 0.5) is 13.2 Å². The van der Waals surface area contributed by atoms with E-state index < -0.39 is 6.36 Å². The largest absolute Gasteiger partial charge is 0.573 e. The van der Waals surface area contributed by atoms with Crippen molar-refractivity contribution >= 4 is 17.2 Å². The molecular weight excluding hydrogens is 367 g/mol. The summed E-state index contributed by atoms with van der Waals surface area (Å²) in [5.41, 5.74) is 0.120. The third kappa shape index (κ3) is 4.56. The highest BCUT2D eigenvalue weighted by Gasteiger charge is 2.36. The van der Waals surface area contributed by atoms with E-state index in [0.717, 1.165) is 25.0 Å². The minimum atomic E-state index is -4.75. The van der Waals surface area contributed by atoms with Gasteiger partial charge in [0, 0.05) is 35.6 Å². The predicted octanol–water partition coefficient (Wildman–Crippen LogP) is 4.12. The number of alkyl halides is 3. The van der Waals surface area contributed by atoms with Gasteiger partial charge in [-0.2, -0.15) is 0 Å². The van der Waals surface area contributed by atoms with Crippen molar-refractivity contribution in [2.45, 2.75) is 24.6 Å². The third-order valence-corrected chi connectivity index (χ3v) is 5.55. The molecule has 0 saturated carbocycles. The first-order valence-electron chi connectivity index (χ1n) is 8.14. The maximum Gasteiger partial charge on any atom is 0.573 e. The Morgan fingerprint density at radius 1 is 1.19 bits per heavy atom. The van der Waals surface area contributed by atoms with Crippen LogP contribution in [0.15, 0.2) is 41.8 Å². The molecule has 1 aliphatic rings. The van der Waals surface area contributed by atoms with E-state index >= 15 is 0 Å². The maximum atomic E-state index is 12.4. The number of nitrogens with one attached hydrogen (secondary N) is 1. The molecule has 1 aliphatic heterocycles. The second kappa shape index (κ2) is 7.67. The highest BCUT2D eigenvalue weighted by Crippen LogP contribution is 2.37. The Labute approximate surface area is 152 Å². The highest BCUT2D eigenvalue weighted by atomic mass is 32.1. The summed E-state index contributed by atoms with van der Waals surface area (Å²) in [5.74, 6) is -0.681. The molecule has 0 atom stereocenters. The minimum absolute atomic E-state index is 0.165. The van der Waals surface area contributed by atoms with Crippen LogP contribution in [0.25, 0.3) is 0 Å². The molecule has 0 radical (unpaired) electrons. The second-order valence-corrected chi connectivity index (χ2v) is 7.07. The Kier molecular flexibility index (Phi) is 5.52. The van der Waals surface area contributed by atoms with Gasteiger partial charge in [-0.25, -0.2) is 0 Å². The average molecular weight is 385 g/mol. The van der Waals surface area contributed by atoms with Crippen molar-refractivity contribution in [2.75, 3.05) is 19.8 Å². The fourth-order valence-corrected chi connectivity index (χ4v) is 4.00. The summed E-state index contributed by atoms with van der Waals surface area (Å²) in [5, 5.41) is 4.92. The predicted molar refractivity (Wildman–Crippen MR) is 91.5 cm³/mol. The summed E-state index contributed by atoms with van der Waals surface area (Å²) < 4.78 is 45.8. The summed E-state index contributed by atoms with van der Waals surface area (Å²) in [7, 11) is 0. The normalized spacial score (nSPS) is 16.9. The number of hydrogen-bond acceptors (Lipinski definition) is 4. The number of carbonyl (C=O) groups is 1. The monoisotopic (exact) mass is 385 g/mol. The quantitative estimate of drug-likeness (QED) is 0.842. The zero-order valence-corrected chi connectivity index (χ0v) is 14.7. The molecule has 1 fully saturated rings. The summed E-state index contributed by atoms with van der Waals surface area (Å²) in [6, 6.07) is 8.94. The van der Waals surface area contributed by atoms with Gasteiger partial charge in [-0.1, -0.05) is 6.07 Å². The Morgan fingerprint density at radius 2 is 1.88 bits per heavy atom. The van der Waals surface area contributed by atoms with Crippen LogP contribution in [-0.4, -0.2) is 32.0 Å². The molecule has 1 N–H and O–H groups in total. The fourth-order valence-electron chi connectivity index (χ4n) is 3.01. The molecule has 4 nitrogen and oxygen atoms in total. The zero-order chi connectivity index (χ0) is 18.6. The number of thiophene rings is 1. The first-order valence-corrected chi connectivity index (χ1v) is 9.02. The van der Waals surface area contributed by atoms with E-state index in [0.29, 0.717) is 19.8 Å². The van der Waals surface area contributed by atoms with Crippen molar-refractivity contribution in [3.05, 3.63) is 52.2 Å². The number of rotatable bonds is 5. The smallest absolute Gasteiger partial charge is 0.406 e. The lowest BCUT2D eigenvalue weighted by molar-refractivity contribution is -0.274. The lowest BCUT2D eigenvalue weighted by atomic mass is 9.78. The Balaban J connectivity index is 1.65. The van der Waals surface area contributed by atoms with Crippen molar-refractivity contribution < 1.29 is 27.4 Å². The number of hydrogen-bond donors (Lipinski definition) is 1. The molecule has 1 saturated heterocycles. The molecule has 3 rings (SSSR count). The maximum absolute atomic E-state index is 12.4. The van der Waals surface area contributed by atoms with E-state index in [4.69, 9.17) is 4.74 Å². The highest BCUT2D eigenvalue weighted by molar-refractivity contribution is 7.10. The van der Waals surface area contributed by atoms with Crippen LogP contribution in [0, 0.1) is 0 Å². The van der Waals surface area contributed by atoms with Gasteiger partial charge in [-0.05, 0) is 48.6 Å². The van der Waals surface area contributed by atoms with Crippen molar-refractivity contribution in [1.82, 2.24) is 5.32 Å². The molecular formula is C18H18F3NO3S. The lowest BCUT2D eigenvalue weighted by Gasteiger charge is -2.36. The summed E-state index contributed by atoms with van der Waals surface area (Å²) in [6.07, 6.45) is -3.13. The second-order valence-electron chi connectivity index (χ2n) is 6.12. The number of benzene rings is 1. The van der Waals surface area contributed by atoms with Crippen molar-refractivity contribution in [3.8, 4) is 5.75 Å². The molecule has 140 valence electrons. The van der Waals surface area contributed by atoms with Crippen molar-refractivity contribution in [3.63, 3.8) is 0 Å². The molecule has 2 aromatic rings. The van der Waals surface area contributed by atoms with Gasteiger partial charge in [0.25, 0.3) is 5.91 Å². The number of ether oxygens (including phenoxy) is 2. The minimum Gasteiger partial charge on any atom is -0.406 e. The molecule has 2 heterocycles. The van der Waals surface area contributed by atoms with Crippen LogP contribution in [0.2, 0.25) is 0 Å². The van der Waals surface area contributed by atoms with Gasteiger partial charge in [0.05, 0.1) is 0 Å². The molecule has 1 aromatic carbocycles. The lowest BCUT2D eigenvalue weighted by Crippen LogP contribution is -2.44. The summed E-state index contributed by atoms with van der Waals surface area (Å²) >= 11 is 1.65. The van der Waals surface area contributed by atoms with Gasteiger partial charge < -0.3 is 14.8 Å². The number of carbonyl (C=O) groups excluding carboxylic acids is 1. The topological polar surface area (TPSA) is 47.6 Å². The molecule has 26 heavy (non-hydrogen) atoms. The molecule has 0 aliphatic carbocycles. The van der Waals surface area contributed by atoms with E-state index in [1.54, 1.807) is 11.3 Å². The van der Waals surface area contributed by atoms with Gasteiger partial charge in [-0.15, -0.1) is 24.5 Å². The van der Waals surface area contributed by atoms with Crippen molar-refractivity contribution in [1.29, 1.82) is 0 Å². The van der Waals surface area contributed by atoms with Crippen LogP contribution < -0.4 is 10.1 Å². The van der Waals surface area contributed by atoms with E-state index in [-0.39, 0.29) is 22.6 Å². The molecule has 0 unspecified atom stereocenters. The molecule has 1 aromatic heterocycles. The summed E-state index contributed by atoms with van der Waals surface area (Å²) in [6.45, 7) is 1.73. The third-order valence-electron chi connectivity index (χ3n) is 4.43. The van der Waals surface area contributed by atoms with Crippen LogP contribution in [-0.2, 0) is 10.2 Å².